The van der Waals surface area contributed by atoms with Gasteiger partial charge in [0.25, 0.3) is 0 Å². The molecule has 0 saturated heterocycles. The molecule has 0 rings (SSSR count). The molecular formula is C4H14I5V2-2. The van der Waals surface area contributed by atoms with Gasteiger partial charge in [0, 0.05) is 0 Å². The molecule has 7 heteroatoms. The van der Waals surface area contributed by atoms with Crippen molar-refractivity contribution < 1.29 is 14.4 Å². The Labute approximate surface area is 140 Å². The first-order valence-electron chi connectivity index (χ1n) is 0.845. The maximum absolute atomic E-state index is 2.46. The van der Waals surface area contributed by atoms with E-state index in [-0.39, 0.29) is 34.6 Å². The average molecular weight is 799 g/mol. The number of hydrogen-bond acceptors (Lipinski definition) is 0. The van der Waals surface area contributed by atoms with Crippen LogP contribution in [0.25, 0.3) is 0 Å². The summed E-state index contributed by atoms with van der Waals surface area (Å²) < 4.78 is 0. The first-order chi connectivity index (χ1) is 3.15. The van der Waals surface area contributed by atoms with Crippen LogP contribution in [0.1, 0.15) is 14.9 Å². The number of rotatable bonds is 0. The normalized spacial score (nSPS) is 4.55. The van der Waals surface area contributed by atoms with Crippen molar-refractivity contribution in [2.24, 2.45) is 0 Å². The Balaban J connectivity index is -0.00000000848. The molecule has 0 aliphatic rings. The van der Waals surface area contributed by atoms with Crippen LogP contribution >= 0.6 is 99.9 Å². The molecule has 0 N–H and O–H groups in total. The summed E-state index contributed by atoms with van der Waals surface area (Å²) in [7, 11) is 0.628. The van der Waals surface area contributed by atoms with Gasteiger partial charge in [-0.15, -0.1) is 0 Å². The van der Waals surface area contributed by atoms with Crippen LogP contribution in [0.4, 0.5) is 0 Å². The van der Waals surface area contributed by atoms with Gasteiger partial charge in [0.15, 0.2) is 0 Å². The average Bonchev–Trinajstić information content (AvgIpc) is 1.33. The Bertz CT molecular complexity index is 27.7. The van der Waals surface area contributed by atoms with E-state index in [9.17, 15) is 0 Å². The quantitative estimate of drug-likeness (QED) is 0.192. The summed E-state index contributed by atoms with van der Waals surface area (Å²) in [6.07, 6.45) is 0. The third-order valence-corrected chi connectivity index (χ3v) is 0. The van der Waals surface area contributed by atoms with E-state index in [1.165, 1.54) is 0 Å². The van der Waals surface area contributed by atoms with E-state index in [2.05, 4.69) is 99.9 Å². The Kier molecular flexibility index (Phi) is 119. The molecule has 0 fully saturated rings. The monoisotopic (exact) mass is 799 g/mol. The fourth-order valence-corrected chi connectivity index (χ4v) is 0. The van der Waals surface area contributed by atoms with Crippen molar-refractivity contribution in [3.8, 4) is 0 Å². The molecule has 0 radical (unpaired) electrons. The van der Waals surface area contributed by atoms with Crippen LogP contribution in [0.5, 0.6) is 0 Å². The summed E-state index contributed by atoms with van der Waals surface area (Å²) in [5.74, 6) is 0. The van der Waals surface area contributed by atoms with Gasteiger partial charge in [-0.25, -0.2) is 0 Å². The zero-order chi connectivity index (χ0) is 6.28. The first-order valence-corrected chi connectivity index (χ1v) is 23.4. The Morgan fingerprint density at radius 3 is 0.818 bits per heavy atom. The van der Waals surface area contributed by atoms with Crippen molar-refractivity contribution in [1.82, 2.24) is 0 Å². The number of hydrogen-bond donors (Lipinski definition) is 0. The molecule has 0 spiro atoms. The third-order valence-electron chi connectivity index (χ3n) is 0. The SMILES string of the molecule is C.C.[CH3-].[CH3-].[I][V]([I])[I].[I][V][I]. The van der Waals surface area contributed by atoms with Gasteiger partial charge in [0.2, 0.25) is 0 Å². The topological polar surface area (TPSA) is 0 Å². The molecule has 0 aliphatic heterocycles. The predicted octanol–water partition coefficient (Wildman–Crippen LogP) is 6.60. The second kappa shape index (κ2) is 36.4. The minimum absolute atomic E-state index is 0. The van der Waals surface area contributed by atoms with Crippen LogP contribution in [0, 0.1) is 14.9 Å². The summed E-state index contributed by atoms with van der Waals surface area (Å²) in [5, 5.41) is 0. The first kappa shape index (κ1) is 36.0. The summed E-state index contributed by atoms with van der Waals surface area (Å²) in [4.78, 5) is -0.278. The second-order valence-electron chi connectivity index (χ2n) is 0.256. The van der Waals surface area contributed by atoms with Crippen molar-refractivity contribution >= 4 is 99.9 Å². The molecule has 0 unspecified atom stereocenters. The van der Waals surface area contributed by atoms with E-state index in [1.54, 1.807) is 0 Å². The summed E-state index contributed by atoms with van der Waals surface area (Å²) in [6.45, 7) is 0. The summed E-state index contributed by atoms with van der Waals surface area (Å²) in [6, 6.07) is 0. The van der Waals surface area contributed by atoms with E-state index < -0.39 is 0 Å². The van der Waals surface area contributed by atoms with Gasteiger partial charge >= 0.3 is 114 Å². The van der Waals surface area contributed by atoms with Crippen molar-refractivity contribution in [3.63, 3.8) is 0 Å². The molecule has 0 nitrogen and oxygen atoms in total. The molecule has 0 aromatic carbocycles. The molecule has 77 valence electrons. The van der Waals surface area contributed by atoms with Crippen LogP contribution in [-0.2, 0) is 14.4 Å². The maximum atomic E-state index is 2.46. The van der Waals surface area contributed by atoms with E-state index in [1.807, 2.05) is 0 Å². The van der Waals surface area contributed by atoms with Crippen LogP contribution in [-0.4, -0.2) is 0 Å². The summed E-state index contributed by atoms with van der Waals surface area (Å²) in [5.41, 5.74) is 0. The van der Waals surface area contributed by atoms with Crippen molar-refractivity contribution in [3.05, 3.63) is 14.9 Å². The van der Waals surface area contributed by atoms with E-state index in [4.69, 9.17) is 0 Å². The molecule has 0 aromatic rings. The van der Waals surface area contributed by atoms with Crippen molar-refractivity contribution in [2.45, 2.75) is 14.9 Å². The van der Waals surface area contributed by atoms with E-state index >= 15 is 0 Å². The molecular weight excluding hydrogens is 784 g/mol. The number of halogens is 5. The van der Waals surface area contributed by atoms with E-state index in [0.717, 1.165) is 0 Å². The second-order valence-corrected chi connectivity index (χ2v) is 47.4. The Hall–Kier alpha value is 4.82. The minimum atomic E-state index is -0.278. The van der Waals surface area contributed by atoms with Gasteiger partial charge in [-0.3, -0.25) is 0 Å². The van der Waals surface area contributed by atoms with Gasteiger partial charge in [-0.1, -0.05) is 14.9 Å². The standard InChI is InChI=1S/2CH4.2CH3.5HI.2V/h2*1H4;2*1H3;5*1H;;/q;;2*-1;;;;;;+2;+3/p-5. The summed E-state index contributed by atoms with van der Waals surface area (Å²) >= 11 is 12.1. The third kappa shape index (κ3) is 105. The Morgan fingerprint density at radius 1 is 0.818 bits per heavy atom. The fraction of sp³-hybridized carbons (Fsp3) is 0.500. The van der Waals surface area contributed by atoms with Crippen LogP contribution in [0.2, 0.25) is 0 Å². The van der Waals surface area contributed by atoms with Crippen LogP contribution < -0.4 is 0 Å². The molecule has 0 heterocycles. The van der Waals surface area contributed by atoms with Gasteiger partial charge in [0.1, 0.15) is 0 Å². The predicted molar refractivity (Wildman–Crippen MR) is 96.4 cm³/mol. The van der Waals surface area contributed by atoms with E-state index in [0.29, 0.717) is 9.47 Å². The van der Waals surface area contributed by atoms with Crippen LogP contribution in [0.15, 0.2) is 0 Å². The molecule has 0 amide bonds. The molecule has 0 saturated carbocycles. The van der Waals surface area contributed by atoms with Crippen molar-refractivity contribution in [1.29, 1.82) is 0 Å². The van der Waals surface area contributed by atoms with Gasteiger partial charge in [-0.05, 0) is 0 Å². The fourth-order valence-electron chi connectivity index (χ4n) is 0. The van der Waals surface area contributed by atoms with Crippen molar-refractivity contribution in [2.75, 3.05) is 0 Å². The van der Waals surface area contributed by atoms with Gasteiger partial charge in [-0.2, -0.15) is 0 Å². The zero-order valence-electron chi connectivity index (χ0n) is 4.78. The molecule has 0 atom stereocenters. The Morgan fingerprint density at radius 2 is 0.818 bits per heavy atom. The van der Waals surface area contributed by atoms with Gasteiger partial charge < -0.3 is 14.9 Å². The molecule has 0 aromatic heterocycles. The molecule has 0 aliphatic carbocycles. The van der Waals surface area contributed by atoms with Gasteiger partial charge in [0.05, 0.1) is 0 Å². The molecule has 11 heavy (non-hydrogen) atoms. The zero-order valence-corrected chi connectivity index (χ0v) is 18.4. The van der Waals surface area contributed by atoms with Crippen LogP contribution in [0.3, 0.4) is 0 Å². The molecule has 0 bridgehead atoms.